The third-order valence-corrected chi connectivity index (χ3v) is 4.77. The number of carbonyl (C=O) groups is 5. The highest BCUT2D eigenvalue weighted by molar-refractivity contribution is 5.69. The summed E-state index contributed by atoms with van der Waals surface area (Å²) in [7, 11) is 0. The maximum absolute atomic E-state index is 11.9. The summed E-state index contributed by atoms with van der Waals surface area (Å²) in [6, 6.07) is 6.55. The molecule has 0 bridgehead atoms. The molecule has 1 fully saturated rings. The number of para-hydroxylation sites is 1. The molecule has 1 aromatic carbocycles. The van der Waals surface area contributed by atoms with Gasteiger partial charge in [0.1, 0.15) is 18.5 Å². The zero-order chi connectivity index (χ0) is 26.1. The predicted molar refractivity (Wildman–Crippen MR) is 115 cm³/mol. The van der Waals surface area contributed by atoms with Crippen LogP contribution in [0.3, 0.4) is 0 Å². The minimum Gasteiger partial charge on any atom is -0.481 e. The quantitative estimate of drug-likeness (QED) is 0.364. The molecule has 12 nitrogen and oxygen atoms in total. The number of aliphatic carboxylic acids is 1. The number of hydrogen-bond acceptors (Lipinski definition) is 11. The lowest BCUT2D eigenvalue weighted by molar-refractivity contribution is -0.288. The Hall–Kier alpha value is -3.67. The zero-order valence-corrected chi connectivity index (χ0v) is 19.8. The normalized spacial score (nSPS) is 23.5. The van der Waals surface area contributed by atoms with E-state index in [1.165, 1.54) is 6.92 Å². The maximum Gasteiger partial charge on any atom is 0.303 e. The van der Waals surface area contributed by atoms with Gasteiger partial charge in [0.15, 0.2) is 12.2 Å². The number of benzene rings is 1. The molecule has 192 valence electrons. The SMILES string of the molecule is CC(=O)OC[C@H]1O[C@@H](Oc2ccccc2CCC(=O)O)[C@H](OC(C)=O)[C@@H](OC(C)=O)[C@H]1OC(C)=O. The Labute approximate surface area is 201 Å². The molecule has 1 N–H and O–H groups in total. The van der Waals surface area contributed by atoms with Gasteiger partial charge in [0.2, 0.25) is 12.4 Å². The molecule has 1 heterocycles. The number of ether oxygens (including phenoxy) is 6. The summed E-state index contributed by atoms with van der Waals surface area (Å²) in [6.07, 6.45) is -6.65. The molecule has 1 saturated heterocycles. The number of rotatable bonds is 10. The minimum absolute atomic E-state index is 0.136. The summed E-state index contributed by atoms with van der Waals surface area (Å²) >= 11 is 0. The van der Waals surface area contributed by atoms with Crippen LogP contribution in [0.1, 0.15) is 39.7 Å². The van der Waals surface area contributed by atoms with Gasteiger partial charge >= 0.3 is 29.8 Å². The van der Waals surface area contributed by atoms with Gasteiger partial charge in [-0.15, -0.1) is 0 Å². The summed E-state index contributed by atoms with van der Waals surface area (Å²) in [6.45, 7) is 4.13. The Morgan fingerprint density at radius 2 is 1.40 bits per heavy atom. The molecular formula is C23H28O12. The monoisotopic (exact) mass is 496 g/mol. The van der Waals surface area contributed by atoms with E-state index in [1.54, 1.807) is 24.3 Å². The molecule has 1 aliphatic rings. The van der Waals surface area contributed by atoms with Gasteiger partial charge in [0, 0.05) is 34.1 Å². The Balaban J connectivity index is 2.47. The van der Waals surface area contributed by atoms with E-state index in [2.05, 4.69) is 0 Å². The first-order valence-corrected chi connectivity index (χ1v) is 10.7. The molecule has 5 atom stereocenters. The number of carboxylic acids is 1. The van der Waals surface area contributed by atoms with Crippen molar-refractivity contribution in [3.63, 3.8) is 0 Å². The second-order valence-corrected chi connectivity index (χ2v) is 7.69. The Kier molecular flexibility index (Phi) is 10.0. The van der Waals surface area contributed by atoms with E-state index in [9.17, 15) is 24.0 Å². The molecule has 0 spiro atoms. The van der Waals surface area contributed by atoms with Crippen LogP contribution in [-0.2, 0) is 54.1 Å². The standard InChI is InChI=1S/C23H28O12/c1-12(24)30-11-18-20(31-13(2)25)21(32-14(3)26)22(33-15(4)27)23(35-18)34-17-8-6-5-7-16(17)9-10-19(28)29/h5-8,18,20-23H,9-11H2,1-4H3,(H,28,29)/t18-,20+,21+,22-,23-/m1/s1. The van der Waals surface area contributed by atoms with Crippen molar-refractivity contribution in [2.75, 3.05) is 6.61 Å². The molecule has 12 heteroatoms. The van der Waals surface area contributed by atoms with E-state index in [4.69, 9.17) is 33.5 Å². The van der Waals surface area contributed by atoms with Crippen molar-refractivity contribution in [1.82, 2.24) is 0 Å². The minimum atomic E-state index is -1.40. The van der Waals surface area contributed by atoms with Crippen molar-refractivity contribution in [2.45, 2.75) is 71.2 Å². The molecule has 0 unspecified atom stereocenters. The van der Waals surface area contributed by atoms with Crippen LogP contribution in [0, 0.1) is 0 Å². The summed E-state index contributed by atoms with van der Waals surface area (Å²) < 4.78 is 32.9. The molecule has 2 rings (SSSR count). The van der Waals surface area contributed by atoms with Gasteiger partial charge in [-0.05, 0) is 18.1 Å². The number of carbonyl (C=O) groups excluding carboxylic acids is 4. The third-order valence-electron chi connectivity index (χ3n) is 4.77. The van der Waals surface area contributed by atoms with E-state index >= 15 is 0 Å². The first-order valence-electron chi connectivity index (χ1n) is 10.7. The van der Waals surface area contributed by atoms with Crippen molar-refractivity contribution in [3.05, 3.63) is 29.8 Å². The molecule has 0 saturated carbocycles. The van der Waals surface area contributed by atoms with Gasteiger partial charge in [-0.3, -0.25) is 24.0 Å². The lowest BCUT2D eigenvalue weighted by Crippen LogP contribution is -2.63. The Morgan fingerprint density at radius 1 is 0.829 bits per heavy atom. The molecule has 1 aliphatic heterocycles. The second-order valence-electron chi connectivity index (χ2n) is 7.69. The first-order chi connectivity index (χ1) is 16.5. The molecule has 0 aromatic heterocycles. The molecule has 0 radical (unpaired) electrons. The third kappa shape index (κ3) is 8.56. The number of esters is 4. The smallest absolute Gasteiger partial charge is 0.303 e. The van der Waals surface area contributed by atoms with Gasteiger partial charge in [0.25, 0.3) is 0 Å². The lowest BCUT2D eigenvalue weighted by atomic mass is 9.98. The highest BCUT2D eigenvalue weighted by Gasteiger charge is 2.53. The van der Waals surface area contributed by atoms with Crippen LogP contribution in [0.4, 0.5) is 0 Å². The fourth-order valence-electron chi connectivity index (χ4n) is 3.48. The van der Waals surface area contributed by atoms with Crippen LogP contribution in [0.15, 0.2) is 24.3 Å². The van der Waals surface area contributed by atoms with Gasteiger partial charge in [-0.25, -0.2) is 0 Å². The van der Waals surface area contributed by atoms with E-state index in [1.807, 2.05) is 0 Å². The molecule has 1 aromatic rings. The van der Waals surface area contributed by atoms with Crippen molar-refractivity contribution in [3.8, 4) is 5.75 Å². The summed E-state index contributed by atoms with van der Waals surface area (Å²) in [5, 5.41) is 9.03. The number of hydrogen-bond donors (Lipinski definition) is 1. The highest BCUT2D eigenvalue weighted by atomic mass is 16.7. The summed E-state index contributed by atoms with van der Waals surface area (Å²) in [5.74, 6) is -3.69. The Bertz CT molecular complexity index is 942. The molecule has 35 heavy (non-hydrogen) atoms. The van der Waals surface area contributed by atoms with Crippen LogP contribution in [0.25, 0.3) is 0 Å². The zero-order valence-electron chi connectivity index (χ0n) is 19.8. The van der Waals surface area contributed by atoms with Crippen LogP contribution < -0.4 is 4.74 Å². The van der Waals surface area contributed by atoms with Crippen molar-refractivity contribution < 1.29 is 57.5 Å². The first kappa shape index (κ1) is 27.6. The van der Waals surface area contributed by atoms with Crippen LogP contribution >= 0.6 is 0 Å². The molecule has 0 amide bonds. The van der Waals surface area contributed by atoms with Crippen LogP contribution in [0.5, 0.6) is 5.75 Å². The second kappa shape index (κ2) is 12.7. The lowest BCUT2D eigenvalue weighted by Gasteiger charge is -2.44. The number of carboxylic acid groups (broad SMARTS) is 1. The fraction of sp³-hybridized carbons (Fsp3) is 0.522. The van der Waals surface area contributed by atoms with E-state index in [-0.39, 0.29) is 18.6 Å². The largest absolute Gasteiger partial charge is 0.481 e. The average Bonchev–Trinajstić information content (AvgIpc) is 2.74. The van der Waals surface area contributed by atoms with E-state index < -0.39 is 67.2 Å². The van der Waals surface area contributed by atoms with Crippen LogP contribution in [0.2, 0.25) is 0 Å². The summed E-state index contributed by atoms with van der Waals surface area (Å²) in [4.78, 5) is 58.0. The molecule has 0 aliphatic carbocycles. The highest BCUT2D eigenvalue weighted by Crippen LogP contribution is 2.32. The van der Waals surface area contributed by atoms with E-state index in [0.717, 1.165) is 20.8 Å². The van der Waals surface area contributed by atoms with Crippen LogP contribution in [-0.4, -0.2) is 72.3 Å². The van der Waals surface area contributed by atoms with Crippen molar-refractivity contribution in [2.24, 2.45) is 0 Å². The number of aryl methyl sites for hydroxylation is 1. The Morgan fingerprint density at radius 3 is 1.97 bits per heavy atom. The van der Waals surface area contributed by atoms with Gasteiger partial charge < -0.3 is 33.5 Å². The van der Waals surface area contributed by atoms with Crippen molar-refractivity contribution >= 4 is 29.8 Å². The average molecular weight is 496 g/mol. The predicted octanol–water partition coefficient (Wildman–Crippen LogP) is 1.17. The topological polar surface area (TPSA) is 161 Å². The van der Waals surface area contributed by atoms with Gasteiger partial charge in [-0.1, -0.05) is 18.2 Å². The summed E-state index contributed by atoms with van der Waals surface area (Å²) in [5.41, 5.74) is 0.530. The van der Waals surface area contributed by atoms with E-state index in [0.29, 0.717) is 5.56 Å². The maximum atomic E-state index is 11.9. The van der Waals surface area contributed by atoms with Gasteiger partial charge in [0.05, 0.1) is 0 Å². The van der Waals surface area contributed by atoms with Crippen molar-refractivity contribution in [1.29, 1.82) is 0 Å². The fourth-order valence-corrected chi connectivity index (χ4v) is 3.48. The molecular weight excluding hydrogens is 468 g/mol. The van der Waals surface area contributed by atoms with Gasteiger partial charge in [-0.2, -0.15) is 0 Å².